The Hall–Kier alpha value is -7.22. The van der Waals surface area contributed by atoms with Crippen molar-refractivity contribution in [1.82, 2.24) is 14.5 Å². The topological polar surface area (TPSA) is 59.8 Å². The zero-order valence-corrected chi connectivity index (χ0v) is 32.6. The van der Waals surface area contributed by atoms with E-state index in [1.54, 1.807) is 0 Å². The molecule has 0 saturated heterocycles. The quantitative estimate of drug-likeness (QED) is 0.192. The first-order chi connectivity index (χ1) is 28.7. The molecule has 0 bridgehead atoms. The van der Waals surface area contributed by atoms with Crippen LogP contribution in [0.25, 0.3) is 82.4 Å². The maximum absolute atomic E-state index is 6.25. The lowest BCUT2D eigenvalue weighted by atomic mass is 10.0. The van der Waals surface area contributed by atoms with Crippen molar-refractivity contribution in [2.75, 3.05) is 0 Å². The van der Waals surface area contributed by atoms with Crippen LogP contribution in [-0.2, 0) is 0 Å². The summed E-state index contributed by atoms with van der Waals surface area (Å²) in [5.41, 5.74) is 11.5. The number of hydrogen-bond donors (Lipinski definition) is 1. The summed E-state index contributed by atoms with van der Waals surface area (Å²) in [6.45, 7) is 0. The minimum Gasteiger partial charge on any atom is -0.456 e. The molecule has 0 aliphatic carbocycles. The summed E-state index contributed by atoms with van der Waals surface area (Å²) in [7, 11) is 0. The van der Waals surface area contributed by atoms with Gasteiger partial charge in [0.1, 0.15) is 23.2 Å². The van der Waals surface area contributed by atoms with Crippen molar-refractivity contribution in [3.8, 4) is 16.8 Å². The lowest BCUT2D eigenvalue weighted by Crippen LogP contribution is -2.35. The van der Waals surface area contributed by atoms with E-state index in [9.17, 15) is 0 Å². The molecular formula is C51H32BrN5O. The van der Waals surface area contributed by atoms with Gasteiger partial charge in [-0.05, 0) is 83.4 Å². The van der Waals surface area contributed by atoms with Crippen molar-refractivity contribution in [3.63, 3.8) is 0 Å². The van der Waals surface area contributed by atoms with E-state index < -0.39 is 0 Å². The molecule has 0 radical (unpaired) electrons. The first-order valence-electron chi connectivity index (χ1n) is 19.4. The van der Waals surface area contributed by atoms with Gasteiger partial charge >= 0.3 is 0 Å². The molecule has 6 nitrogen and oxygen atoms in total. The van der Waals surface area contributed by atoms with E-state index in [0.717, 1.165) is 93.0 Å². The Labute approximate surface area is 341 Å². The zero-order valence-electron chi connectivity index (χ0n) is 31.0. The number of furan rings is 1. The SMILES string of the molecule is Brc1cccc2oc3ccc(-c4ccc5c(c4)c4cc6c(cc4n5C4=NC(c5ccccc5)NC(c5ccccc5)=N4)c4ccccc4n6-c4ccccc4)cc3c12. The number of fused-ring (bicyclic) bond motifs is 9. The minimum atomic E-state index is -0.338. The van der Waals surface area contributed by atoms with Crippen molar-refractivity contribution in [3.05, 3.63) is 198 Å². The second-order valence-corrected chi connectivity index (χ2v) is 15.6. The van der Waals surface area contributed by atoms with Crippen LogP contribution in [-0.4, -0.2) is 20.9 Å². The maximum atomic E-state index is 6.25. The first kappa shape index (κ1) is 33.0. The molecule has 0 amide bonds. The fourth-order valence-corrected chi connectivity index (χ4v) is 9.34. The van der Waals surface area contributed by atoms with Gasteiger partial charge in [0.05, 0.1) is 22.1 Å². The molecule has 1 aliphatic rings. The third-order valence-electron chi connectivity index (χ3n) is 11.4. The largest absolute Gasteiger partial charge is 0.456 e. The number of aliphatic imine (C=N–C) groups is 2. The number of nitrogens with zero attached hydrogens (tertiary/aromatic N) is 4. The molecule has 0 fully saturated rings. The third-order valence-corrected chi connectivity index (χ3v) is 12.1. The Balaban J connectivity index is 1.16. The fourth-order valence-electron chi connectivity index (χ4n) is 8.78. The number of halogens is 1. The summed E-state index contributed by atoms with van der Waals surface area (Å²) in [5, 5.41) is 10.4. The van der Waals surface area contributed by atoms with Gasteiger partial charge in [-0.1, -0.05) is 131 Å². The molecule has 7 heteroatoms. The van der Waals surface area contributed by atoms with Crippen LogP contribution in [0.2, 0.25) is 0 Å². The molecule has 4 heterocycles. The van der Waals surface area contributed by atoms with E-state index in [1.807, 2.05) is 36.4 Å². The van der Waals surface area contributed by atoms with Crippen molar-refractivity contribution >= 4 is 93.3 Å². The van der Waals surface area contributed by atoms with E-state index in [-0.39, 0.29) is 6.17 Å². The number of nitrogens with one attached hydrogen (secondary N) is 1. The monoisotopic (exact) mass is 809 g/mol. The highest BCUT2D eigenvalue weighted by molar-refractivity contribution is 9.10. The molecule has 0 spiro atoms. The lowest BCUT2D eigenvalue weighted by Gasteiger charge is -2.24. The van der Waals surface area contributed by atoms with Crippen LogP contribution in [0, 0.1) is 0 Å². The Bertz CT molecular complexity index is 3490. The Morgan fingerprint density at radius 3 is 1.93 bits per heavy atom. The van der Waals surface area contributed by atoms with E-state index in [0.29, 0.717) is 5.96 Å². The molecule has 274 valence electrons. The second kappa shape index (κ2) is 12.9. The summed E-state index contributed by atoms with van der Waals surface area (Å²) in [6.07, 6.45) is -0.338. The molecule has 3 aromatic heterocycles. The number of aromatic nitrogens is 2. The summed E-state index contributed by atoms with van der Waals surface area (Å²) in [4.78, 5) is 10.7. The summed E-state index contributed by atoms with van der Waals surface area (Å²) in [6, 6.07) is 64.1. The highest BCUT2D eigenvalue weighted by Crippen LogP contribution is 2.41. The minimum absolute atomic E-state index is 0.338. The van der Waals surface area contributed by atoms with Crippen LogP contribution in [0.5, 0.6) is 0 Å². The molecule has 58 heavy (non-hydrogen) atoms. The van der Waals surface area contributed by atoms with Crippen LogP contribution in [0.1, 0.15) is 17.3 Å². The Morgan fingerprint density at radius 2 is 1.12 bits per heavy atom. The van der Waals surface area contributed by atoms with Crippen molar-refractivity contribution in [2.45, 2.75) is 6.17 Å². The third kappa shape index (κ3) is 5.10. The summed E-state index contributed by atoms with van der Waals surface area (Å²) in [5.74, 6) is 1.40. The second-order valence-electron chi connectivity index (χ2n) is 14.8. The highest BCUT2D eigenvalue weighted by atomic mass is 79.9. The van der Waals surface area contributed by atoms with Crippen LogP contribution >= 0.6 is 15.9 Å². The van der Waals surface area contributed by atoms with Gasteiger partial charge in [0.15, 0.2) is 0 Å². The maximum Gasteiger partial charge on any atom is 0.234 e. The van der Waals surface area contributed by atoms with Crippen LogP contribution in [0.4, 0.5) is 0 Å². The van der Waals surface area contributed by atoms with Gasteiger partial charge in [-0.15, -0.1) is 0 Å². The predicted octanol–water partition coefficient (Wildman–Crippen LogP) is 13.2. The van der Waals surface area contributed by atoms with Crippen LogP contribution in [0.15, 0.2) is 201 Å². The van der Waals surface area contributed by atoms with E-state index in [4.69, 9.17) is 14.4 Å². The van der Waals surface area contributed by atoms with Gasteiger partial charge in [0.25, 0.3) is 0 Å². The molecule has 1 atom stereocenters. The molecule has 12 rings (SSSR count). The number of amidine groups is 1. The predicted molar refractivity (Wildman–Crippen MR) is 242 cm³/mol. The number of para-hydroxylation sites is 2. The fraction of sp³-hybridized carbons (Fsp3) is 0.0196. The summed E-state index contributed by atoms with van der Waals surface area (Å²) < 4.78 is 11.9. The first-order valence-corrected chi connectivity index (χ1v) is 20.2. The van der Waals surface area contributed by atoms with Crippen molar-refractivity contribution in [1.29, 1.82) is 0 Å². The smallest absolute Gasteiger partial charge is 0.234 e. The Morgan fingerprint density at radius 1 is 0.483 bits per heavy atom. The standard InChI is InChI=1S/C51H32BrN5O/c52-41-20-12-22-47-48(41)40-28-34(24-26-46(40)58-47)33-23-25-43-37(27-33)39-30-44-38(36-19-10-11-21-42(36)56(44)35-17-8-3-9-18-35)29-45(39)57(43)51-54-49(31-13-4-1-5-14-31)53-50(55-51)32-15-6-2-7-16-32/h1-30,49H,(H,53,54,55). The van der Waals surface area contributed by atoms with Gasteiger partial charge in [0, 0.05) is 48.0 Å². The van der Waals surface area contributed by atoms with E-state index in [2.05, 4.69) is 176 Å². The molecular weight excluding hydrogens is 778 g/mol. The van der Waals surface area contributed by atoms with Crippen molar-refractivity contribution < 1.29 is 4.42 Å². The van der Waals surface area contributed by atoms with Gasteiger partial charge in [0.2, 0.25) is 5.96 Å². The molecule has 1 aliphatic heterocycles. The summed E-state index contributed by atoms with van der Waals surface area (Å²) >= 11 is 3.78. The number of rotatable bonds is 4. The molecule has 8 aromatic carbocycles. The van der Waals surface area contributed by atoms with Crippen LogP contribution in [0.3, 0.4) is 0 Å². The molecule has 0 saturated carbocycles. The van der Waals surface area contributed by atoms with Gasteiger partial charge in [-0.2, -0.15) is 4.99 Å². The Kier molecular flexibility index (Phi) is 7.34. The molecule has 1 unspecified atom stereocenters. The van der Waals surface area contributed by atoms with E-state index >= 15 is 0 Å². The molecule has 1 N–H and O–H groups in total. The highest BCUT2D eigenvalue weighted by Gasteiger charge is 2.25. The lowest BCUT2D eigenvalue weighted by molar-refractivity contribution is 0.668. The number of hydrogen-bond acceptors (Lipinski definition) is 4. The average Bonchev–Trinajstić information content (AvgIpc) is 3.93. The van der Waals surface area contributed by atoms with Crippen LogP contribution < -0.4 is 5.32 Å². The zero-order chi connectivity index (χ0) is 38.3. The number of benzene rings is 8. The van der Waals surface area contributed by atoms with Gasteiger partial charge in [-0.3, -0.25) is 4.57 Å². The van der Waals surface area contributed by atoms with E-state index in [1.165, 1.54) is 10.8 Å². The van der Waals surface area contributed by atoms with Gasteiger partial charge in [-0.25, -0.2) is 4.99 Å². The normalized spacial score (nSPS) is 14.5. The average molecular weight is 811 g/mol. The molecule has 11 aromatic rings. The van der Waals surface area contributed by atoms with Crippen molar-refractivity contribution in [2.24, 2.45) is 9.98 Å². The van der Waals surface area contributed by atoms with Gasteiger partial charge < -0.3 is 14.3 Å².